The molecule has 5 nitrogen and oxygen atoms in total. The van der Waals surface area contributed by atoms with Crippen LogP contribution >= 0.6 is 0 Å². The van der Waals surface area contributed by atoms with Crippen LogP contribution < -0.4 is 11.1 Å². The van der Waals surface area contributed by atoms with Gasteiger partial charge in [-0.3, -0.25) is 0 Å². The Balaban J connectivity index is 2.01. The molecule has 1 aliphatic heterocycles. The first-order valence-electron chi connectivity index (χ1n) is 7.21. The number of nitrogens with two attached hydrogens (primary N) is 1. The van der Waals surface area contributed by atoms with Gasteiger partial charge in [0, 0.05) is 24.6 Å². The number of hydrogen-bond acceptors (Lipinski definition) is 5. The molecule has 1 aromatic heterocycles. The van der Waals surface area contributed by atoms with Crippen LogP contribution in [0.15, 0.2) is 6.33 Å². The molecule has 106 valence electrons. The van der Waals surface area contributed by atoms with Crippen LogP contribution in [0.1, 0.15) is 38.7 Å². The van der Waals surface area contributed by atoms with Crippen LogP contribution in [0.5, 0.6) is 0 Å². The monoisotopic (exact) mass is 264 g/mol. The summed E-state index contributed by atoms with van der Waals surface area (Å²) >= 11 is 0. The Hall–Kier alpha value is -1.36. The smallest absolute Gasteiger partial charge is 0.134 e. The zero-order valence-corrected chi connectivity index (χ0v) is 11.9. The van der Waals surface area contributed by atoms with Crippen LogP contribution in [-0.4, -0.2) is 29.2 Å². The van der Waals surface area contributed by atoms with Gasteiger partial charge in [-0.1, -0.05) is 20.3 Å². The zero-order valence-electron chi connectivity index (χ0n) is 11.9. The Kier molecular flexibility index (Phi) is 4.96. The van der Waals surface area contributed by atoms with E-state index in [4.69, 9.17) is 10.5 Å². The minimum absolute atomic E-state index is 0.376. The van der Waals surface area contributed by atoms with Gasteiger partial charge in [-0.25, -0.2) is 9.97 Å². The van der Waals surface area contributed by atoms with Crippen molar-refractivity contribution in [1.82, 2.24) is 9.97 Å². The molecule has 2 rings (SSSR count). The Morgan fingerprint density at radius 1 is 1.42 bits per heavy atom. The topological polar surface area (TPSA) is 73.1 Å². The number of nitrogen functional groups attached to an aromatic ring is 1. The van der Waals surface area contributed by atoms with E-state index in [9.17, 15) is 0 Å². The Morgan fingerprint density at radius 3 is 3.00 bits per heavy atom. The van der Waals surface area contributed by atoms with E-state index in [0.29, 0.717) is 17.8 Å². The van der Waals surface area contributed by atoms with Crippen molar-refractivity contribution in [2.45, 2.75) is 45.6 Å². The molecule has 5 heteroatoms. The van der Waals surface area contributed by atoms with E-state index in [0.717, 1.165) is 50.2 Å². The fourth-order valence-corrected chi connectivity index (χ4v) is 2.68. The largest absolute Gasteiger partial charge is 0.383 e. The molecule has 0 radical (unpaired) electrons. The number of hydrogen-bond donors (Lipinski definition) is 2. The first-order chi connectivity index (χ1) is 9.26. The molecular weight excluding hydrogens is 240 g/mol. The third kappa shape index (κ3) is 3.35. The molecule has 1 fully saturated rings. The molecule has 0 amide bonds. The van der Waals surface area contributed by atoms with Crippen LogP contribution in [0.4, 0.5) is 11.6 Å². The maximum absolute atomic E-state index is 5.93. The Labute approximate surface area is 115 Å². The molecule has 0 aliphatic carbocycles. The van der Waals surface area contributed by atoms with Gasteiger partial charge in [0.25, 0.3) is 0 Å². The minimum atomic E-state index is 0.376. The van der Waals surface area contributed by atoms with Crippen molar-refractivity contribution in [2.75, 3.05) is 24.2 Å². The van der Waals surface area contributed by atoms with Crippen LogP contribution in [-0.2, 0) is 11.2 Å². The predicted molar refractivity (Wildman–Crippen MR) is 77.1 cm³/mol. The van der Waals surface area contributed by atoms with E-state index < -0.39 is 0 Å². The van der Waals surface area contributed by atoms with E-state index in [1.165, 1.54) is 6.33 Å². The molecule has 2 atom stereocenters. The average Bonchev–Trinajstić information content (AvgIpc) is 2.87. The molecule has 0 aromatic carbocycles. The van der Waals surface area contributed by atoms with Crippen LogP contribution in [0.2, 0.25) is 0 Å². The number of aromatic nitrogens is 2. The molecular formula is C14H24N4O. The van der Waals surface area contributed by atoms with Gasteiger partial charge in [0.1, 0.15) is 18.0 Å². The van der Waals surface area contributed by atoms with Gasteiger partial charge >= 0.3 is 0 Å². The summed E-state index contributed by atoms with van der Waals surface area (Å²) in [5.41, 5.74) is 6.97. The fourth-order valence-electron chi connectivity index (χ4n) is 2.68. The highest BCUT2D eigenvalue weighted by Crippen LogP contribution is 2.25. The second kappa shape index (κ2) is 6.70. The predicted octanol–water partition coefficient (Wildman–Crippen LogP) is 2.24. The second-order valence-corrected chi connectivity index (χ2v) is 5.08. The summed E-state index contributed by atoms with van der Waals surface area (Å²) in [4.78, 5) is 8.40. The first kappa shape index (κ1) is 14.1. The SMILES string of the molecule is CCCc1c(N)ncnc1NCC1CCOC1CC. The highest BCUT2D eigenvalue weighted by atomic mass is 16.5. The van der Waals surface area contributed by atoms with Crippen molar-refractivity contribution in [3.05, 3.63) is 11.9 Å². The van der Waals surface area contributed by atoms with Gasteiger partial charge in [0.05, 0.1) is 6.10 Å². The van der Waals surface area contributed by atoms with Crippen molar-refractivity contribution < 1.29 is 4.74 Å². The normalized spacial score (nSPS) is 22.6. The van der Waals surface area contributed by atoms with Gasteiger partial charge in [-0.15, -0.1) is 0 Å². The molecule has 0 bridgehead atoms. The number of ether oxygens (including phenoxy) is 1. The van der Waals surface area contributed by atoms with E-state index in [1.54, 1.807) is 0 Å². The van der Waals surface area contributed by atoms with Crippen LogP contribution in [0.25, 0.3) is 0 Å². The van der Waals surface area contributed by atoms with Gasteiger partial charge in [0.2, 0.25) is 0 Å². The highest BCUT2D eigenvalue weighted by Gasteiger charge is 2.26. The van der Waals surface area contributed by atoms with Crippen molar-refractivity contribution >= 4 is 11.6 Å². The van der Waals surface area contributed by atoms with E-state index >= 15 is 0 Å². The van der Waals surface area contributed by atoms with Gasteiger partial charge in [0.15, 0.2) is 0 Å². The van der Waals surface area contributed by atoms with Crippen molar-refractivity contribution in [1.29, 1.82) is 0 Å². The second-order valence-electron chi connectivity index (χ2n) is 5.08. The third-order valence-electron chi connectivity index (χ3n) is 3.76. The molecule has 3 N–H and O–H groups in total. The zero-order chi connectivity index (χ0) is 13.7. The molecule has 1 saturated heterocycles. The number of nitrogens with one attached hydrogen (secondary N) is 1. The third-order valence-corrected chi connectivity index (χ3v) is 3.76. The number of nitrogens with zero attached hydrogens (tertiary/aromatic N) is 2. The molecule has 0 saturated carbocycles. The summed E-state index contributed by atoms with van der Waals surface area (Å²) in [6.07, 6.45) is 6.04. The summed E-state index contributed by atoms with van der Waals surface area (Å²) in [7, 11) is 0. The Bertz CT molecular complexity index is 410. The lowest BCUT2D eigenvalue weighted by atomic mass is 9.99. The summed E-state index contributed by atoms with van der Waals surface area (Å²) in [5, 5.41) is 3.43. The van der Waals surface area contributed by atoms with Gasteiger partial charge in [-0.05, 0) is 19.3 Å². The summed E-state index contributed by atoms with van der Waals surface area (Å²) in [6.45, 7) is 6.08. The first-order valence-corrected chi connectivity index (χ1v) is 7.21. The maximum Gasteiger partial charge on any atom is 0.134 e. The lowest BCUT2D eigenvalue weighted by Crippen LogP contribution is -2.23. The molecule has 1 aliphatic rings. The van der Waals surface area contributed by atoms with Crippen molar-refractivity contribution in [3.8, 4) is 0 Å². The molecule has 1 aromatic rings. The molecule has 2 unspecified atom stereocenters. The Morgan fingerprint density at radius 2 is 2.26 bits per heavy atom. The van der Waals surface area contributed by atoms with Crippen molar-refractivity contribution in [2.24, 2.45) is 5.92 Å². The van der Waals surface area contributed by atoms with Gasteiger partial charge in [-0.2, -0.15) is 0 Å². The average molecular weight is 264 g/mol. The lowest BCUT2D eigenvalue weighted by molar-refractivity contribution is 0.0900. The van der Waals surface area contributed by atoms with Crippen LogP contribution in [0.3, 0.4) is 0 Å². The van der Waals surface area contributed by atoms with Crippen LogP contribution in [0, 0.1) is 5.92 Å². The van der Waals surface area contributed by atoms with Gasteiger partial charge < -0.3 is 15.8 Å². The number of anilines is 2. The molecule has 0 spiro atoms. The maximum atomic E-state index is 5.93. The standard InChI is InChI=1S/C14H24N4O/c1-3-5-11-13(15)17-9-18-14(11)16-8-10-6-7-19-12(10)4-2/h9-10,12H,3-8H2,1-2H3,(H3,15,16,17,18). The van der Waals surface area contributed by atoms with E-state index in [2.05, 4.69) is 29.1 Å². The summed E-state index contributed by atoms with van der Waals surface area (Å²) in [5.74, 6) is 2.04. The van der Waals surface area contributed by atoms with E-state index in [-0.39, 0.29) is 0 Å². The van der Waals surface area contributed by atoms with Crippen molar-refractivity contribution in [3.63, 3.8) is 0 Å². The summed E-state index contributed by atoms with van der Waals surface area (Å²) < 4.78 is 5.71. The molecule has 19 heavy (non-hydrogen) atoms. The quantitative estimate of drug-likeness (QED) is 0.824. The highest BCUT2D eigenvalue weighted by molar-refractivity contribution is 5.55. The lowest BCUT2D eigenvalue weighted by Gasteiger charge is -2.19. The summed E-state index contributed by atoms with van der Waals surface area (Å²) in [6, 6.07) is 0. The van der Waals surface area contributed by atoms with E-state index in [1.807, 2.05) is 0 Å². The molecule has 2 heterocycles. The number of rotatable bonds is 6. The minimum Gasteiger partial charge on any atom is -0.383 e. The fraction of sp³-hybridized carbons (Fsp3) is 0.714.